The normalized spacial score (nSPS) is 10.9. The molecule has 0 fully saturated rings. The van der Waals surface area contributed by atoms with E-state index < -0.39 is 0 Å². The van der Waals surface area contributed by atoms with Crippen molar-refractivity contribution >= 4 is 11.6 Å². The summed E-state index contributed by atoms with van der Waals surface area (Å²) in [6.45, 7) is 4.23. The molecule has 2 rings (SSSR count). The van der Waals surface area contributed by atoms with E-state index in [9.17, 15) is 9.59 Å². The Kier molecular flexibility index (Phi) is 11.9. The van der Waals surface area contributed by atoms with Gasteiger partial charge in [-0.15, -0.1) is 0 Å². The molecule has 0 aliphatic rings. The van der Waals surface area contributed by atoms with Gasteiger partial charge in [-0.25, -0.2) is 0 Å². The summed E-state index contributed by atoms with van der Waals surface area (Å²) in [4.78, 5) is 23.9. The van der Waals surface area contributed by atoms with Crippen LogP contribution in [0.25, 0.3) is 11.1 Å². The lowest BCUT2D eigenvalue weighted by molar-refractivity contribution is -0.118. The fraction of sp³-hybridized carbons (Fsp3) is 0.517. The Morgan fingerprint density at radius 3 is 1.68 bits per heavy atom. The first-order valence-corrected chi connectivity index (χ1v) is 12.4. The third kappa shape index (κ3) is 9.63. The van der Waals surface area contributed by atoms with E-state index in [0.29, 0.717) is 12.0 Å². The molecule has 0 unspecified atom stereocenters. The van der Waals surface area contributed by atoms with Gasteiger partial charge in [0.1, 0.15) is 5.78 Å². The van der Waals surface area contributed by atoms with Crippen LogP contribution in [0.2, 0.25) is 0 Å². The number of benzene rings is 2. The molecule has 0 saturated heterocycles. The molecule has 0 spiro atoms. The van der Waals surface area contributed by atoms with E-state index in [-0.39, 0.29) is 18.0 Å². The first-order valence-electron chi connectivity index (χ1n) is 12.4. The van der Waals surface area contributed by atoms with Crippen molar-refractivity contribution in [3.63, 3.8) is 0 Å². The SMILES string of the molecule is CCCCCCCCCCCc1ccc(-c2ccc(C(=O)CC(=O)CCC)cc2)cc1. The summed E-state index contributed by atoms with van der Waals surface area (Å²) in [5.41, 5.74) is 4.28. The minimum atomic E-state index is -0.0821. The average molecular weight is 421 g/mol. The summed E-state index contributed by atoms with van der Waals surface area (Å²) in [6, 6.07) is 16.4. The third-order valence-corrected chi connectivity index (χ3v) is 5.95. The number of ketones is 2. The van der Waals surface area contributed by atoms with Crippen molar-refractivity contribution < 1.29 is 9.59 Å². The predicted octanol–water partition coefficient (Wildman–Crippen LogP) is 8.37. The highest BCUT2D eigenvalue weighted by atomic mass is 16.1. The van der Waals surface area contributed by atoms with Crippen LogP contribution in [-0.4, -0.2) is 11.6 Å². The minimum Gasteiger partial charge on any atom is -0.299 e. The lowest BCUT2D eigenvalue weighted by Crippen LogP contribution is -2.07. The molecule has 0 aliphatic heterocycles. The Morgan fingerprint density at radius 1 is 0.613 bits per heavy atom. The van der Waals surface area contributed by atoms with Gasteiger partial charge in [-0.1, -0.05) is 114 Å². The molecule has 2 nitrogen and oxygen atoms in total. The second-order valence-corrected chi connectivity index (χ2v) is 8.74. The van der Waals surface area contributed by atoms with Gasteiger partial charge in [-0.05, 0) is 36.0 Å². The fourth-order valence-corrected chi connectivity index (χ4v) is 4.00. The van der Waals surface area contributed by atoms with Crippen LogP contribution in [0.15, 0.2) is 48.5 Å². The van der Waals surface area contributed by atoms with Crippen molar-refractivity contribution in [3.8, 4) is 11.1 Å². The van der Waals surface area contributed by atoms with E-state index in [1.54, 1.807) is 0 Å². The Labute approximate surface area is 189 Å². The minimum absolute atomic E-state index is 0.0146. The van der Waals surface area contributed by atoms with Crippen LogP contribution in [0.3, 0.4) is 0 Å². The van der Waals surface area contributed by atoms with Crippen LogP contribution in [-0.2, 0) is 11.2 Å². The number of carbonyl (C=O) groups excluding carboxylic acids is 2. The molecule has 31 heavy (non-hydrogen) atoms. The van der Waals surface area contributed by atoms with Gasteiger partial charge in [0.25, 0.3) is 0 Å². The summed E-state index contributed by atoms with van der Waals surface area (Å²) in [5.74, 6) is -0.0551. The van der Waals surface area contributed by atoms with E-state index >= 15 is 0 Å². The van der Waals surface area contributed by atoms with Gasteiger partial charge in [0.15, 0.2) is 5.78 Å². The number of hydrogen-bond donors (Lipinski definition) is 0. The maximum atomic E-state index is 12.2. The van der Waals surface area contributed by atoms with E-state index in [4.69, 9.17) is 0 Å². The number of hydrogen-bond acceptors (Lipinski definition) is 2. The number of rotatable bonds is 16. The zero-order valence-corrected chi connectivity index (χ0v) is 19.6. The van der Waals surface area contributed by atoms with Crippen LogP contribution in [0.4, 0.5) is 0 Å². The molecular formula is C29H40O2. The van der Waals surface area contributed by atoms with Crippen LogP contribution < -0.4 is 0 Å². The summed E-state index contributed by atoms with van der Waals surface area (Å²) in [7, 11) is 0. The van der Waals surface area contributed by atoms with Gasteiger partial charge >= 0.3 is 0 Å². The zero-order valence-electron chi connectivity index (χ0n) is 19.6. The molecule has 0 amide bonds. The highest BCUT2D eigenvalue weighted by Gasteiger charge is 2.11. The lowest BCUT2D eigenvalue weighted by Gasteiger charge is -2.07. The van der Waals surface area contributed by atoms with Crippen molar-refractivity contribution in [3.05, 3.63) is 59.7 Å². The summed E-state index contributed by atoms with van der Waals surface area (Å²) < 4.78 is 0. The van der Waals surface area contributed by atoms with Crippen molar-refractivity contribution in [1.82, 2.24) is 0 Å². The molecule has 0 aliphatic carbocycles. The Hall–Kier alpha value is -2.22. The molecular weight excluding hydrogens is 380 g/mol. The molecule has 0 N–H and O–H groups in total. The Morgan fingerprint density at radius 2 is 1.13 bits per heavy atom. The second kappa shape index (κ2) is 14.7. The van der Waals surface area contributed by atoms with E-state index in [1.807, 2.05) is 31.2 Å². The molecule has 0 aromatic heterocycles. The molecule has 168 valence electrons. The van der Waals surface area contributed by atoms with Crippen molar-refractivity contribution in [2.45, 2.75) is 97.3 Å². The van der Waals surface area contributed by atoms with Gasteiger partial charge in [-0.3, -0.25) is 9.59 Å². The highest BCUT2D eigenvalue weighted by molar-refractivity contribution is 6.08. The van der Waals surface area contributed by atoms with Crippen LogP contribution >= 0.6 is 0 Å². The van der Waals surface area contributed by atoms with Gasteiger partial charge in [0.05, 0.1) is 6.42 Å². The molecule has 0 bridgehead atoms. The first-order chi connectivity index (χ1) is 15.1. The third-order valence-electron chi connectivity index (χ3n) is 5.95. The second-order valence-electron chi connectivity index (χ2n) is 8.74. The van der Waals surface area contributed by atoms with Gasteiger partial charge in [0, 0.05) is 12.0 Å². The molecule has 0 saturated carbocycles. The molecule has 2 aromatic rings. The smallest absolute Gasteiger partial charge is 0.170 e. The molecule has 0 radical (unpaired) electrons. The van der Waals surface area contributed by atoms with Crippen LogP contribution in [0, 0.1) is 0 Å². The van der Waals surface area contributed by atoms with Crippen LogP contribution in [0.1, 0.15) is 107 Å². The predicted molar refractivity (Wildman–Crippen MR) is 132 cm³/mol. The first kappa shape index (κ1) is 25.0. The average Bonchev–Trinajstić information content (AvgIpc) is 2.78. The maximum absolute atomic E-state index is 12.2. The molecule has 2 heteroatoms. The molecule has 2 aromatic carbocycles. The largest absolute Gasteiger partial charge is 0.299 e. The Balaban J connectivity index is 1.73. The maximum Gasteiger partial charge on any atom is 0.170 e. The zero-order chi connectivity index (χ0) is 22.3. The topological polar surface area (TPSA) is 34.1 Å². The van der Waals surface area contributed by atoms with Crippen molar-refractivity contribution in [2.24, 2.45) is 0 Å². The summed E-state index contributed by atoms with van der Waals surface area (Å²) in [5, 5.41) is 0. The van der Waals surface area contributed by atoms with E-state index in [2.05, 4.69) is 31.2 Å². The number of Topliss-reactive ketones (excluding diaryl/α,β-unsaturated/α-hetero) is 2. The van der Waals surface area contributed by atoms with E-state index in [0.717, 1.165) is 24.0 Å². The quantitative estimate of drug-likeness (QED) is 0.155. The van der Waals surface area contributed by atoms with Crippen molar-refractivity contribution in [2.75, 3.05) is 0 Å². The lowest BCUT2D eigenvalue weighted by atomic mass is 9.98. The number of unbranched alkanes of at least 4 members (excludes halogenated alkanes) is 8. The fourth-order valence-electron chi connectivity index (χ4n) is 4.00. The summed E-state index contributed by atoms with van der Waals surface area (Å²) >= 11 is 0. The standard InChI is InChI=1S/C29H40O2/c1-3-5-6-7-8-9-10-11-12-14-24-15-17-25(18-16-24)26-19-21-27(22-20-26)29(31)23-28(30)13-4-2/h15-22H,3-14,23H2,1-2H3. The molecule has 0 atom stereocenters. The number of aryl methyl sites for hydroxylation is 1. The van der Waals surface area contributed by atoms with Gasteiger partial charge in [0.2, 0.25) is 0 Å². The van der Waals surface area contributed by atoms with Crippen LogP contribution in [0.5, 0.6) is 0 Å². The Bertz CT molecular complexity index is 771. The molecule has 0 heterocycles. The van der Waals surface area contributed by atoms with Gasteiger partial charge in [-0.2, -0.15) is 0 Å². The summed E-state index contributed by atoms with van der Waals surface area (Å²) in [6.07, 6.45) is 14.7. The highest BCUT2D eigenvalue weighted by Crippen LogP contribution is 2.22. The van der Waals surface area contributed by atoms with Gasteiger partial charge < -0.3 is 0 Å². The number of carbonyl (C=O) groups is 2. The van der Waals surface area contributed by atoms with Crippen molar-refractivity contribution in [1.29, 1.82) is 0 Å². The monoisotopic (exact) mass is 420 g/mol. The van der Waals surface area contributed by atoms with E-state index in [1.165, 1.54) is 63.4 Å².